The lowest BCUT2D eigenvalue weighted by atomic mass is 9.97. The Kier molecular flexibility index (Phi) is 18.3. The molecule has 0 aliphatic heterocycles. The van der Waals surface area contributed by atoms with Crippen LogP contribution in [-0.2, 0) is 0 Å². The molecule has 170 valence electrons. The van der Waals surface area contributed by atoms with Gasteiger partial charge >= 0.3 is 0 Å². The van der Waals surface area contributed by atoms with Gasteiger partial charge in [0.2, 0.25) is 0 Å². The number of hydrogen-bond donors (Lipinski definition) is 3. The van der Waals surface area contributed by atoms with E-state index in [4.69, 9.17) is 5.73 Å². The standard InChI is InChI=1S/C24H35N3.C2H6.C2H2/c1-7-10-24(22-13-11-21(12-14-22)18(4)8-2)27-20(6)19(5)17-23(9-3)26-16-15-25;2*1-2/h9,11-16,24,26-27H,4-8,10,17,25H2,1-3H3;1-2H3;1-2H/b16-15+,23-9+;;/t24-;;/m0../s1. The molecule has 1 aromatic carbocycles. The average Bonchev–Trinajstić information content (AvgIpc) is 2.83. The second-order valence-corrected chi connectivity index (χ2v) is 6.64. The molecule has 0 fully saturated rings. The molecule has 0 saturated carbocycles. The first-order valence-corrected chi connectivity index (χ1v) is 11.0. The topological polar surface area (TPSA) is 50.1 Å². The van der Waals surface area contributed by atoms with Gasteiger partial charge in [-0.2, -0.15) is 0 Å². The SMILES string of the molecule is C#C.C=C(C/C(=C\C)N/C=C/N)C(=C)N[C@@H](CCC)c1ccc(C(=C)CC)cc1.CC. The Morgan fingerprint density at radius 2 is 1.68 bits per heavy atom. The van der Waals surface area contributed by atoms with Crippen molar-refractivity contribution < 1.29 is 0 Å². The van der Waals surface area contributed by atoms with Gasteiger partial charge in [-0.05, 0) is 42.0 Å². The van der Waals surface area contributed by atoms with Gasteiger partial charge in [-0.3, -0.25) is 0 Å². The Bertz CT molecular complexity index is 733. The predicted molar refractivity (Wildman–Crippen MR) is 141 cm³/mol. The van der Waals surface area contributed by atoms with Crippen LogP contribution in [0.15, 0.2) is 79.4 Å². The summed E-state index contributed by atoms with van der Waals surface area (Å²) in [6.07, 6.45) is 17.0. The van der Waals surface area contributed by atoms with Crippen molar-refractivity contribution in [3.8, 4) is 12.8 Å². The van der Waals surface area contributed by atoms with Gasteiger partial charge in [0, 0.05) is 30.2 Å². The van der Waals surface area contributed by atoms with Gasteiger partial charge < -0.3 is 16.4 Å². The van der Waals surface area contributed by atoms with Crippen molar-refractivity contribution in [2.75, 3.05) is 0 Å². The largest absolute Gasteiger partial charge is 0.403 e. The molecule has 1 aromatic rings. The third-order valence-corrected chi connectivity index (χ3v) is 4.62. The molecule has 1 rings (SSSR count). The maximum Gasteiger partial charge on any atom is 0.0513 e. The number of hydrogen-bond acceptors (Lipinski definition) is 3. The maximum atomic E-state index is 5.40. The molecular formula is C28H43N3. The molecule has 3 nitrogen and oxygen atoms in total. The molecule has 0 amide bonds. The zero-order valence-electron chi connectivity index (χ0n) is 20.3. The third kappa shape index (κ3) is 11.6. The summed E-state index contributed by atoms with van der Waals surface area (Å²) in [4.78, 5) is 0. The highest BCUT2D eigenvalue weighted by molar-refractivity contribution is 5.63. The number of terminal acetylenes is 1. The molecule has 31 heavy (non-hydrogen) atoms. The minimum atomic E-state index is 0.217. The third-order valence-electron chi connectivity index (χ3n) is 4.62. The zero-order chi connectivity index (χ0) is 24.2. The van der Waals surface area contributed by atoms with Crippen LogP contribution in [0.4, 0.5) is 0 Å². The van der Waals surface area contributed by atoms with Gasteiger partial charge in [0.1, 0.15) is 0 Å². The Morgan fingerprint density at radius 3 is 2.13 bits per heavy atom. The fourth-order valence-corrected chi connectivity index (χ4v) is 2.81. The second-order valence-electron chi connectivity index (χ2n) is 6.64. The summed E-state index contributed by atoms with van der Waals surface area (Å²) in [6.45, 7) is 22.8. The lowest BCUT2D eigenvalue weighted by Crippen LogP contribution is -2.22. The first-order chi connectivity index (χ1) is 15.0. The Morgan fingerprint density at radius 1 is 1.10 bits per heavy atom. The van der Waals surface area contributed by atoms with E-state index in [0.717, 1.165) is 41.8 Å². The number of benzene rings is 1. The lowest BCUT2D eigenvalue weighted by Gasteiger charge is -2.23. The molecule has 0 spiro atoms. The molecule has 0 heterocycles. The van der Waals surface area contributed by atoms with Gasteiger partial charge in [-0.1, -0.05) is 84.2 Å². The molecule has 0 unspecified atom stereocenters. The zero-order valence-corrected chi connectivity index (χ0v) is 20.3. The maximum absolute atomic E-state index is 5.40. The van der Waals surface area contributed by atoms with Crippen molar-refractivity contribution in [2.45, 2.75) is 66.3 Å². The van der Waals surface area contributed by atoms with Crippen LogP contribution in [0.3, 0.4) is 0 Å². The predicted octanol–water partition coefficient (Wildman–Crippen LogP) is 7.20. The van der Waals surface area contributed by atoms with Crippen molar-refractivity contribution in [1.82, 2.24) is 10.6 Å². The fourth-order valence-electron chi connectivity index (χ4n) is 2.81. The summed E-state index contributed by atoms with van der Waals surface area (Å²) < 4.78 is 0. The van der Waals surface area contributed by atoms with Gasteiger partial charge in [0.05, 0.1) is 6.04 Å². The van der Waals surface area contributed by atoms with Gasteiger partial charge in [0.15, 0.2) is 0 Å². The molecular weight excluding hydrogens is 378 g/mol. The van der Waals surface area contributed by atoms with E-state index < -0.39 is 0 Å². The van der Waals surface area contributed by atoms with E-state index >= 15 is 0 Å². The van der Waals surface area contributed by atoms with Crippen molar-refractivity contribution in [1.29, 1.82) is 0 Å². The highest BCUT2D eigenvalue weighted by Gasteiger charge is 2.13. The number of nitrogens with one attached hydrogen (secondary N) is 2. The Labute approximate surface area is 191 Å². The average molecular weight is 422 g/mol. The van der Waals surface area contributed by atoms with E-state index in [1.165, 1.54) is 17.3 Å². The molecule has 1 atom stereocenters. The summed E-state index contributed by atoms with van der Waals surface area (Å²) in [7, 11) is 0. The Hall–Kier alpha value is -3.12. The van der Waals surface area contributed by atoms with Crippen LogP contribution < -0.4 is 16.4 Å². The molecule has 0 saturated heterocycles. The fraction of sp³-hybridized carbons (Fsp3) is 0.357. The van der Waals surface area contributed by atoms with Crippen molar-refractivity contribution in [2.24, 2.45) is 5.73 Å². The smallest absolute Gasteiger partial charge is 0.0513 e. The number of rotatable bonds is 12. The van der Waals surface area contributed by atoms with E-state index in [0.29, 0.717) is 6.42 Å². The van der Waals surface area contributed by atoms with Crippen LogP contribution >= 0.6 is 0 Å². The van der Waals surface area contributed by atoms with E-state index in [1.54, 1.807) is 6.20 Å². The molecule has 0 radical (unpaired) electrons. The monoisotopic (exact) mass is 421 g/mol. The van der Waals surface area contributed by atoms with Gasteiger partial charge in [0.25, 0.3) is 0 Å². The van der Waals surface area contributed by atoms with E-state index in [1.807, 2.05) is 26.8 Å². The van der Waals surface area contributed by atoms with Crippen molar-refractivity contribution >= 4 is 5.57 Å². The second kappa shape index (κ2) is 18.9. The number of nitrogens with two attached hydrogens (primary N) is 1. The van der Waals surface area contributed by atoms with E-state index in [-0.39, 0.29) is 6.04 Å². The molecule has 0 aromatic heterocycles. The summed E-state index contributed by atoms with van der Waals surface area (Å²) in [5.41, 5.74) is 11.9. The molecule has 0 bridgehead atoms. The molecule has 3 heteroatoms. The van der Waals surface area contributed by atoms with Crippen LogP contribution in [0.5, 0.6) is 0 Å². The van der Waals surface area contributed by atoms with Crippen LogP contribution in [0.2, 0.25) is 0 Å². The quantitative estimate of drug-likeness (QED) is 0.247. The molecule has 0 aliphatic carbocycles. The van der Waals surface area contributed by atoms with Crippen LogP contribution in [0, 0.1) is 12.8 Å². The normalized spacial score (nSPS) is 11.3. The first kappa shape index (κ1) is 30.1. The van der Waals surface area contributed by atoms with Gasteiger partial charge in [-0.25, -0.2) is 0 Å². The van der Waals surface area contributed by atoms with Crippen molar-refractivity contribution in [3.63, 3.8) is 0 Å². The lowest BCUT2D eigenvalue weighted by molar-refractivity contribution is 0.547. The van der Waals surface area contributed by atoms with Crippen LogP contribution in [0.25, 0.3) is 5.57 Å². The highest BCUT2D eigenvalue weighted by Crippen LogP contribution is 2.25. The Balaban J connectivity index is 0. The van der Waals surface area contributed by atoms with Crippen LogP contribution in [-0.4, -0.2) is 0 Å². The first-order valence-electron chi connectivity index (χ1n) is 11.0. The van der Waals surface area contributed by atoms with Crippen molar-refractivity contribution in [3.05, 3.63) is 90.6 Å². The summed E-state index contributed by atoms with van der Waals surface area (Å²) >= 11 is 0. The minimum absolute atomic E-state index is 0.217. The molecule has 0 aliphatic rings. The van der Waals surface area contributed by atoms with Gasteiger partial charge in [-0.15, -0.1) is 12.8 Å². The number of allylic oxidation sites excluding steroid dienone is 4. The summed E-state index contributed by atoms with van der Waals surface area (Å²) in [5, 5.41) is 6.72. The minimum Gasteiger partial charge on any atom is -0.403 e. The van der Waals surface area contributed by atoms with Crippen LogP contribution in [0.1, 0.15) is 77.5 Å². The highest BCUT2D eigenvalue weighted by atomic mass is 14.9. The summed E-state index contributed by atoms with van der Waals surface area (Å²) in [5.74, 6) is 0. The molecule has 4 N–H and O–H groups in total. The van der Waals surface area contributed by atoms with E-state index in [9.17, 15) is 0 Å². The van der Waals surface area contributed by atoms with E-state index in [2.05, 4.69) is 81.3 Å². The summed E-state index contributed by atoms with van der Waals surface area (Å²) in [6, 6.07) is 8.90.